The van der Waals surface area contributed by atoms with Gasteiger partial charge in [-0.3, -0.25) is 4.79 Å². The quantitative estimate of drug-likeness (QED) is 0.553. The topological polar surface area (TPSA) is 80.2 Å². The van der Waals surface area contributed by atoms with Crippen LogP contribution in [0.5, 0.6) is 0 Å². The van der Waals surface area contributed by atoms with Crippen molar-refractivity contribution in [1.29, 1.82) is 0 Å². The molecule has 0 spiro atoms. The lowest BCUT2D eigenvalue weighted by molar-refractivity contribution is -0.128. The summed E-state index contributed by atoms with van der Waals surface area (Å²) >= 11 is 3.19. The molecule has 2 aliphatic rings. The molecule has 3 heterocycles. The lowest BCUT2D eigenvalue weighted by Gasteiger charge is -2.23. The number of carbonyl (C=O) groups excluding carboxylic acids is 1. The predicted molar refractivity (Wildman–Crippen MR) is 109 cm³/mol. The summed E-state index contributed by atoms with van der Waals surface area (Å²) in [5, 5.41) is 1.99. The zero-order chi connectivity index (χ0) is 19.2. The molecule has 6 nitrogen and oxygen atoms in total. The lowest BCUT2D eigenvalue weighted by atomic mass is 9.89. The fourth-order valence-electron chi connectivity index (χ4n) is 3.87. The second kappa shape index (κ2) is 7.33. The van der Waals surface area contributed by atoms with E-state index in [1.807, 2.05) is 0 Å². The Morgan fingerprint density at radius 1 is 1.37 bits per heavy atom. The minimum atomic E-state index is -3.00. The van der Waals surface area contributed by atoms with Gasteiger partial charge in [-0.25, -0.2) is 18.4 Å². The summed E-state index contributed by atoms with van der Waals surface area (Å²) in [6, 6.07) is -0.205. The zero-order valence-corrected chi connectivity index (χ0v) is 17.9. The molecule has 2 atom stereocenters. The Morgan fingerprint density at radius 3 is 2.93 bits per heavy atom. The molecular formula is C18H23N3O3S3. The van der Waals surface area contributed by atoms with Crippen molar-refractivity contribution in [3.63, 3.8) is 0 Å². The van der Waals surface area contributed by atoms with E-state index >= 15 is 0 Å². The Hall–Kier alpha value is -1.19. The van der Waals surface area contributed by atoms with Crippen LogP contribution in [0.4, 0.5) is 0 Å². The molecule has 0 radical (unpaired) electrons. The van der Waals surface area contributed by atoms with E-state index in [2.05, 4.69) is 16.9 Å². The maximum atomic E-state index is 12.6. The van der Waals surface area contributed by atoms with Gasteiger partial charge in [-0.2, -0.15) is 0 Å². The third-order valence-electron chi connectivity index (χ3n) is 5.54. The Balaban J connectivity index is 1.50. The number of hydrogen-bond acceptors (Lipinski definition) is 7. The molecule has 9 heteroatoms. The van der Waals surface area contributed by atoms with Gasteiger partial charge < -0.3 is 4.90 Å². The second-order valence-corrected chi connectivity index (χ2v) is 11.8. The number of thiophene rings is 1. The molecule has 0 unspecified atom stereocenters. The van der Waals surface area contributed by atoms with Crippen molar-refractivity contribution < 1.29 is 13.2 Å². The van der Waals surface area contributed by atoms with Crippen LogP contribution in [0.2, 0.25) is 0 Å². The summed E-state index contributed by atoms with van der Waals surface area (Å²) in [5.74, 6) is 1.17. The van der Waals surface area contributed by atoms with Crippen LogP contribution < -0.4 is 0 Å². The van der Waals surface area contributed by atoms with Gasteiger partial charge in [0.1, 0.15) is 16.2 Å². The molecule has 0 aromatic carbocycles. The lowest BCUT2D eigenvalue weighted by Crippen LogP contribution is -2.38. The number of amides is 1. The number of hydrogen-bond donors (Lipinski definition) is 0. The molecule has 1 fully saturated rings. The molecule has 27 heavy (non-hydrogen) atoms. The van der Waals surface area contributed by atoms with Crippen molar-refractivity contribution in [2.75, 3.05) is 24.3 Å². The maximum absolute atomic E-state index is 12.6. The Bertz CT molecular complexity index is 986. The van der Waals surface area contributed by atoms with Crippen molar-refractivity contribution in [3.05, 3.63) is 16.8 Å². The highest BCUT2D eigenvalue weighted by Crippen LogP contribution is 2.40. The van der Waals surface area contributed by atoms with E-state index in [-0.39, 0.29) is 29.2 Å². The highest BCUT2D eigenvalue weighted by Gasteiger charge is 2.32. The van der Waals surface area contributed by atoms with Gasteiger partial charge >= 0.3 is 0 Å². The first-order valence-electron chi connectivity index (χ1n) is 9.18. The van der Waals surface area contributed by atoms with Crippen LogP contribution in [-0.4, -0.2) is 59.5 Å². The van der Waals surface area contributed by atoms with Crippen LogP contribution in [0.15, 0.2) is 11.4 Å². The van der Waals surface area contributed by atoms with E-state index in [0.29, 0.717) is 12.3 Å². The molecule has 0 N–H and O–H groups in total. The summed E-state index contributed by atoms with van der Waals surface area (Å²) in [5.41, 5.74) is 1.36. The zero-order valence-electron chi connectivity index (χ0n) is 15.5. The van der Waals surface area contributed by atoms with Crippen LogP contribution in [-0.2, 0) is 27.5 Å². The largest absolute Gasteiger partial charge is 0.341 e. The van der Waals surface area contributed by atoms with Crippen LogP contribution in [0.3, 0.4) is 0 Å². The van der Waals surface area contributed by atoms with E-state index in [1.54, 1.807) is 29.6 Å². The molecule has 2 aromatic rings. The first-order valence-corrected chi connectivity index (χ1v) is 12.8. The highest BCUT2D eigenvalue weighted by atomic mass is 32.2. The first kappa shape index (κ1) is 19.1. The Labute approximate surface area is 167 Å². The van der Waals surface area contributed by atoms with E-state index in [0.717, 1.165) is 28.1 Å². The molecule has 146 valence electrons. The molecular weight excluding hydrogens is 402 g/mol. The molecule has 1 saturated heterocycles. The number of aryl methyl sites for hydroxylation is 1. The fourth-order valence-corrected chi connectivity index (χ4v) is 8.01. The van der Waals surface area contributed by atoms with Gasteiger partial charge in [-0.15, -0.1) is 11.3 Å². The van der Waals surface area contributed by atoms with Crippen molar-refractivity contribution in [3.8, 4) is 0 Å². The minimum absolute atomic E-state index is 0.0495. The molecule has 2 aromatic heterocycles. The molecule has 1 aliphatic heterocycles. The van der Waals surface area contributed by atoms with Crippen molar-refractivity contribution in [2.24, 2.45) is 5.92 Å². The predicted octanol–water partition coefficient (Wildman–Crippen LogP) is 2.55. The Kier molecular flexibility index (Phi) is 5.20. The summed E-state index contributed by atoms with van der Waals surface area (Å²) < 4.78 is 23.3. The van der Waals surface area contributed by atoms with Gasteiger partial charge in [-0.05, 0) is 37.2 Å². The molecule has 1 amide bonds. The van der Waals surface area contributed by atoms with Crippen molar-refractivity contribution in [1.82, 2.24) is 14.9 Å². The third kappa shape index (κ3) is 3.86. The number of thioether (sulfide) groups is 1. The van der Waals surface area contributed by atoms with Gasteiger partial charge in [0.25, 0.3) is 0 Å². The molecule has 4 rings (SSSR count). The third-order valence-corrected chi connectivity index (χ3v) is 9.43. The van der Waals surface area contributed by atoms with Crippen LogP contribution in [0.1, 0.15) is 30.2 Å². The van der Waals surface area contributed by atoms with Crippen molar-refractivity contribution >= 4 is 49.1 Å². The van der Waals surface area contributed by atoms with Gasteiger partial charge in [0.15, 0.2) is 9.84 Å². The standard InChI is InChI=1S/C18H23N3O3S3/c1-11-3-4-13-14(7-11)26-18-16(13)17(19-10-20-18)25-8-15(22)21(2)12-5-6-27(23,24)9-12/h10-12H,3-9H2,1-2H3/t11-,12-/m0/s1. The SMILES string of the molecule is C[C@H]1CCc2c(sc3ncnc(SCC(=O)N(C)[C@H]4CCS(=O)(=O)C4)c23)C1. The fraction of sp³-hybridized carbons (Fsp3) is 0.611. The molecule has 1 aliphatic carbocycles. The van der Waals surface area contributed by atoms with Gasteiger partial charge in [0, 0.05) is 23.4 Å². The molecule has 0 saturated carbocycles. The van der Waals surface area contributed by atoms with E-state index < -0.39 is 9.84 Å². The van der Waals surface area contributed by atoms with Gasteiger partial charge in [0.2, 0.25) is 5.91 Å². The Morgan fingerprint density at radius 2 is 2.19 bits per heavy atom. The first-order chi connectivity index (χ1) is 12.8. The number of rotatable bonds is 4. The number of carbonyl (C=O) groups is 1. The van der Waals surface area contributed by atoms with Crippen LogP contribution >= 0.6 is 23.1 Å². The number of aromatic nitrogens is 2. The van der Waals surface area contributed by atoms with Crippen LogP contribution in [0.25, 0.3) is 10.2 Å². The average molecular weight is 426 g/mol. The van der Waals surface area contributed by atoms with E-state index in [4.69, 9.17) is 0 Å². The monoisotopic (exact) mass is 425 g/mol. The number of fused-ring (bicyclic) bond motifs is 3. The summed E-state index contributed by atoms with van der Waals surface area (Å²) in [7, 11) is -1.29. The average Bonchev–Trinajstić information content (AvgIpc) is 3.18. The highest BCUT2D eigenvalue weighted by molar-refractivity contribution is 8.00. The van der Waals surface area contributed by atoms with Crippen LogP contribution in [0, 0.1) is 5.92 Å². The minimum Gasteiger partial charge on any atom is -0.341 e. The van der Waals surface area contributed by atoms with Gasteiger partial charge in [0.05, 0.1) is 17.3 Å². The van der Waals surface area contributed by atoms with Crippen molar-refractivity contribution in [2.45, 2.75) is 43.7 Å². The molecule has 0 bridgehead atoms. The van der Waals surface area contributed by atoms with Gasteiger partial charge in [-0.1, -0.05) is 18.7 Å². The van der Waals surface area contributed by atoms with E-state index in [1.165, 1.54) is 28.6 Å². The number of nitrogens with zero attached hydrogens (tertiary/aromatic N) is 3. The van der Waals surface area contributed by atoms with E-state index in [9.17, 15) is 13.2 Å². The smallest absolute Gasteiger partial charge is 0.233 e. The normalized spacial score (nSPS) is 24.1. The second-order valence-electron chi connectivity index (χ2n) is 7.56. The summed E-state index contributed by atoms with van der Waals surface area (Å²) in [4.78, 5) is 25.5. The summed E-state index contributed by atoms with van der Waals surface area (Å²) in [6.07, 6.45) is 5.43. The maximum Gasteiger partial charge on any atom is 0.233 e. The number of sulfone groups is 1. The summed E-state index contributed by atoms with van der Waals surface area (Å²) in [6.45, 7) is 2.28.